The van der Waals surface area contributed by atoms with Crippen LogP contribution in [0.1, 0.15) is 45.6 Å². The molecular weight excluding hydrogens is 348 g/mol. The van der Waals surface area contributed by atoms with Gasteiger partial charge in [-0.3, -0.25) is 4.90 Å². The number of carbonyl (C=O) groups excluding carboxylic acids is 1. The van der Waals surface area contributed by atoms with Crippen LogP contribution in [0.5, 0.6) is 0 Å². The molecule has 0 aromatic heterocycles. The van der Waals surface area contributed by atoms with E-state index in [9.17, 15) is 4.79 Å². The van der Waals surface area contributed by atoms with Gasteiger partial charge in [0.2, 0.25) is 0 Å². The Morgan fingerprint density at radius 3 is 2.81 bits per heavy atom. The van der Waals surface area contributed by atoms with Crippen molar-refractivity contribution in [3.8, 4) is 0 Å². The first-order valence-electron chi connectivity index (χ1n) is 9.49. The topological polar surface area (TPSA) is 32.8 Å². The number of nitrogens with zero attached hydrogens (tertiary/aromatic N) is 2. The zero-order valence-corrected chi connectivity index (χ0v) is 16.7. The predicted octanol–water partition coefficient (Wildman–Crippen LogP) is 4.83. The van der Waals surface area contributed by atoms with Crippen molar-refractivity contribution in [3.63, 3.8) is 0 Å². The normalized spacial score (nSPS) is 24.5. The van der Waals surface area contributed by atoms with Gasteiger partial charge in [-0.25, -0.2) is 4.79 Å². The number of fused-ring (bicyclic) bond motifs is 1. The number of hydrogen-bond acceptors (Lipinski definition) is 3. The maximum Gasteiger partial charge on any atom is 0.410 e. The molecular formula is C21H29ClN2O2. The Balaban J connectivity index is 1.62. The van der Waals surface area contributed by atoms with Crippen LogP contribution in [-0.2, 0) is 4.74 Å². The van der Waals surface area contributed by atoms with Gasteiger partial charge in [0.25, 0.3) is 0 Å². The Labute approximate surface area is 161 Å². The average molecular weight is 377 g/mol. The lowest BCUT2D eigenvalue weighted by atomic mass is 9.93. The second-order valence-electron chi connectivity index (χ2n) is 8.23. The summed E-state index contributed by atoms with van der Waals surface area (Å²) in [5, 5.41) is 0.764. The number of hydrogen-bond donors (Lipinski definition) is 0. The van der Waals surface area contributed by atoms with Crippen LogP contribution in [-0.4, -0.2) is 53.2 Å². The zero-order chi connectivity index (χ0) is 18.7. The minimum absolute atomic E-state index is 0.186. The molecule has 0 saturated carbocycles. The minimum atomic E-state index is -0.441. The summed E-state index contributed by atoms with van der Waals surface area (Å²) in [5.41, 5.74) is 0.690. The fourth-order valence-electron chi connectivity index (χ4n) is 3.82. The molecule has 5 heteroatoms. The molecule has 2 aliphatic rings. The summed E-state index contributed by atoms with van der Waals surface area (Å²) in [6, 6.07) is 8.77. The van der Waals surface area contributed by atoms with E-state index >= 15 is 0 Å². The first-order chi connectivity index (χ1) is 12.3. The van der Waals surface area contributed by atoms with Crippen molar-refractivity contribution in [2.45, 2.75) is 57.7 Å². The van der Waals surface area contributed by atoms with Crippen LogP contribution in [0, 0.1) is 0 Å². The molecule has 1 amide bonds. The van der Waals surface area contributed by atoms with E-state index in [-0.39, 0.29) is 6.09 Å². The lowest BCUT2D eigenvalue weighted by Crippen LogP contribution is -2.59. The third kappa shape index (κ3) is 5.01. The van der Waals surface area contributed by atoms with Gasteiger partial charge in [-0.2, -0.15) is 0 Å². The molecule has 0 spiro atoms. The van der Waals surface area contributed by atoms with Crippen LogP contribution in [0.2, 0.25) is 5.02 Å². The maximum atomic E-state index is 12.4. The summed E-state index contributed by atoms with van der Waals surface area (Å²) in [6.07, 6.45) is 7.77. The van der Waals surface area contributed by atoms with Crippen molar-refractivity contribution < 1.29 is 9.53 Å². The first kappa shape index (κ1) is 19.2. The highest BCUT2D eigenvalue weighted by Gasteiger charge is 2.36. The van der Waals surface area contributed by atoms with Crippen LogP contribution in [0.15, 0.2) is 30.3 Å². The first-order valence-corrected chi connectivity index (χ1v) is 9.87. The quantitative estimate of drug-likeness (QED) is 0.741. The number of halogens is 1. The van der Waals surface area contributed by atoms with Gasteiger partial charge in [-0.15, -0.1) is 0 Å². The molecule has 3 rings (SSSR count). The lowest BCUT2D eigenvalue weighted by molar-refractivity contribution is -0.0101. The third-order valence-electron chi connectivity index (χ3n) is 5.00. The fraction of sp³-hybridized carbons (Fsp3) is 0.571. The number of piperazine rings is 1. The van der Waals surface area contributed by atoms with E-state index in [1.807, 2.05) is 43.9 Å². The van der Waals surface area contributed by atoms with Crippen LogP contribution >= 0.6 is 11.6 Å². The molecule has 26 heavy (non-hydrogen) atoms. The Bertz CT molecular complexity index is 668. The molecule has 2 fully saturated rings. The number of piperidine rings is 1. The maximum absolute atomic E-state index is 12.4. The molecule has 0 radical (unpaired) electrons. The summed E-state index contributed by atoms with van der Waals surface area (Å²) in [4.78, 5) is 16.8. The molecule has 1 aromatic rings. The third-order valence-corrected chi connectivity index (χ3v) is 5.24. The summed E-state index contributed by atoms with van der Waals surface area (Å²) in [7, 11) is 0. The fourth-order valence-corrected chi connectivity index (χ4v) is 4.02. The molecule has 0 aliphatic carbocycles. The minimum Gasteiger partial charge on any atom is -0.444 e. The monoisotopic (exact) mass is 376 g/mol. The van der Waals surface area contributed by atoms with Crippen molar-refractivity contribution in [1.82, 2.24) is 9.80 Å². The van der Waals surface area contributed by atoms with Crippen LogP contribution in [0.3, 0.4) is 0 Å². The smallest absolute Gasteiger partial charge is 0.410 e. The number of carbonyl (C=O) groups is 1. The van der Waals surface area contributed by atoms with Crippen molar-refractivity contribution >= 4 is 23.8 Å². The lowest BCUT2D eigenvalue weighted by Gasteiger charge is -2.47. The van der Waals surface area contributed by atoms with Gasteiger partial charge >= 0.3 is 6.09 Å². The van der Waals surface area contributed by atoms with Gasteiger partial charge < -0.3 is 9.64 Å². The molecule has 1 aromatic carbocycles. The van der Waals surface area contributed by atoms with Gasteiger partial charge in [-0.05, 0) is 57.7 Å². The Hall–Kier alpha value is -1.52. The number of benzene rings is 1. The van der Waals surface area contributed by atoms with E-state index in [1.165, 1.54) is 12.8 Å². The van der Waals surface area contributed by atoms with Crippen molar-refractivity contribution in [2.75, 3.05) is 19.6 Å². The highest BCUT2D eigenvalue weighted by molar-refractivity contribution is 6.30. The van der Waals surface area contributed by atoms with Crippen LogP contribution in [0.25, 0.3) is 6.08 Å². The van der Waals surface area contributed by atoms with Gasteiger partial charge in [-0.1, -0.05) is 35.9 Å². The predicted molar refractivity (Wildman–Crippen MR) is 106 cm³/mol. The molecule has 4 nitrogen and oxygen atoms in total. The van der Waals surface area contributed by atoms with Crippen LogP contribution < -0.4 is 0 Å². The van der Waals surface area contributed by atoms with Crippen LogP contribution in [0.4, 0.5) is 4.79 Å². The second-order valence-corrected chi connectivity index (χ2v) is 8.67. The van der Waals surface area contributed by atoms with Gasteiger partial charge in [0.1, 0.15) is 5.60 Å². The molecule has 0 bridgehead atoms. The molecule has 142 valence electrons. The molecule has 2 unspecified atom stereocenters. The molecule has 2 atom stereocenters. The molecule has 2 saturated heterocycles. The molecule has 0 N–H and O–H groups in total. The summed E-state index contributed by atoms with van der Waals surface area (Å²) >= 11 is 6.07. The van der Waals surface area contributed by atoms with Gasteiger partial charge in [0.15, 0.2) is 0 Å². The number of amides is 1. The Morgan fingerprint density at radius 1 is 1.27 bits per heavy atom. The largest absolute Gasteiger partial charge is 0.444 e. The Morgan fingerprint density at radius 2 is 2.08 bits per heavy atom. The molecule has 2 aliphatic heterocycles. The zero-order valence-electron chi connectivity index (χ0n) is 16.0. The van der Waals surface area contributed by atoms with E-state index in [0.29, 0.717) is 12.1 Å². The van der Waals surface area contributed by atoms with Gasteiger partial charge in [0.05, 0.1) is 0 Å². The highest BCUT2D eigenvalue weighted by Crippen LogP contribution is 2.28. The van der Waals surface area contributed by atoms with Crippen molar-refractivity contribution in [3.05, 3.63) is 40.9 Å². The standard InChI is InChI=1S/C21H29ClN2O2/c1-21(2,3)26-20(25)23-12-13-24-18(8-5-9-19(24)15-23)11-10-16-6-4-7-17(22)14-16/h4,6-7,10-11,14,18-19H,5,8-9,12-13,15H2,1-3H3/b11-10+. The van der Waals surface area contributed by atoms with E-state index in [2.05, 4.69) is 23.1 Å². The summed E-state index contributed by atoms with van der Waals surface area (Å²) < 4.78 is 5.54. The number of rotatable bonds is 2. The Kier molecular flexibility index (Phi) is 5.93. The van der Waals surface area contributed by atoms with E-state index in [4.69, 9.17) is 16.3 Å². The summed E-state index contributed by atoms with van der Waals surface area (Å²) in [6.45, 7) is 8.13. The van der Waals surface area contributed by atoms with E-state index in [1.54, 1.807) is 0 Å². The second kappa shape index (κ2) is 8.01. The van der Waals surface area contributed by atoms with Crippen molar-refractivity contribution in [1.29, 1.82) is 0 Å². The van der Waals surface area contributed by atoms with E-state index in [0.717, 1.165) is 36.6 Å². The average Bonchev–Trinajstić information content (AvgIpc) is 2.58. The highest BCUT2D eigenvalue weighted by atomic mass is 35.5. The van der Waals surface area contributed by atoms with Gasteiger partial charge in [0, 0.05) is 36.7 Å². The van der Waals surface area contributed by atoms with E-state index < -0.39 is 5.60 Å². The number of ether oxygens (including phenoxy) is 1. The molecule has 2 heterocycles. The van der Waals surface area contributed by atoms with Crippen molar-refractivity contribution in [2.24, 2.45) is 0 Å². The SMILES string of the molecule is CC(C)(C)OC(=O)N1CCN2C(/C=C/c3cccc(Cl)c3)CCCC2C1. The summed E-state index contributed by atoms with van der Waals surface area (Å²) in [5.74, 6) is 0.